The highest BCUT2D eigenvalue weighted by molar-refractivity contribution is 5.89. The van der Waals surface area contributed by atoms with E-state index in [0.29, 0.717) is 5.92 Å². The topological polar surface area (TPSA) is 72.5 Å². The van der Waals surface area contributed by atoms with Crippen molar-refractivity contribution in [2.45, 2.75) is 38.7 Å². The Balaban J connectivity index is 2.13. The van der Waals surface area contributed by atoms with Gasteiger partial charge in [-0.15, -0.1) is 0 Å². The van der Waals surface area contributed by atoms with Crippen LogP contribution in [0.3, 0.4) is 0 Å². The van der Waals surface area contributed by atoms with Crippen LogP contribution < -0.4 is 10.5 Å². The molecule has 0 bridgehead atoms. The molecular formula is C14H18FNO3. The maximum absolute atomic E-state index is 13.6. The lowest BCUT2D eigenvalue weighted by Crippen LogP contribution is -2.23. The first kappa shape index (κ1) is 13.6. The van der Waals surface area contributed by atoms with Crippen LogP contribution in [-0.2, 0) is 0 Å². The Morgan fingerprint density at radius 3 is 2.58 bits per heavy atom. The summed E-state index contributed by atoms with van der Waals surface area (Å²) in [6.07, 6.45) is 4.04. The second kappa shape index (κ2) is 5.47. The predicted molar refractivity (Wildman–Crippen MR) is 69.8 cm³/mol. The lowest BCUT2D eigenvalue weighted by atomic mass is 9.89. The van der Waals surface area contributed by atoms with Gasteiger partial charge in [0.15, 0.2) is 0 Å². The summed E-state index contributed by atoms with van der Waals surface area (Å²) in [5.41, 5.74) is 5.45. The summed E-state index contributed by atoms with van der Waals surface area (Å²) < 4.78 is 19.3. The summed E-state index contributed by atoms with van der Waals surface area (Å²) in [6.45, 7) is 2.20. The fraction of sp³-hybridized carbons (Fsp3) is 0.500. The number of halogens is 1. The molecule has 3 N–H and O–H groups in total. The normalized spacial score (nSPS) is 23.1. The molecule has 1 aromatic rings. The number of carboxylic acids is 1. The van der Waals surface area contributed by atoms with E-state index in [1.54, 1.807) is 0 Å². The van der Waals surface area contributed by atoms with Gasteiger partial charge >= 0.3 is 5.97 Å². The van der Waals surface area contributed by atoms with E-state index < -0.39 is 17.3 Å². The third kappa shape index (κ3) is 3.16. The van der Waals surface area contributed by atoms with Crippen LogP contribution in [0.5, 0.6) is 5.75 Å². The first-order valence-electron chi connectivity index (χ1n) is 6.46. The van der Waals surface area contributed by atoms with E-state index >= 15 is 0 Å². The number of anilines is 1. The number of aromatic carboxylic acids is 1. The van der Waals surface area contributed by atoms with Crippen molar-refractivity contribution in [3.05, 3.63) is 23.5 Å². The molecule has 0 atom stereocenters. The van der Waals surface area contributed by atoms with Gasteiger partial charge in [-0.2, -0.15) is 0 Å². The summed E-state index contributed by atoms with van der Waals surface area (Å²) >= 11 is 0. The van der Waals surface area contributed by atoms with Gasteiger partial charge in [0, 0.05) is 6.07 Å². The number of ether oxygens (including phenoxy) is 1. The van der Waals surface area contributed by atoms with E-state index in [4.69, 9.17) is 15.6 Å². The summed E-state index contributed by atoms with van der Waals surface area (Å²) in [5.74, 6) is -1.21. The maximum atomic E-state index is 13.6. The molecule has 104 valence electrons. The van der Waals surface area contributed by atoms with E-state index in [1.165, 1.54) is 0 Å². The second-order valence-electron chi connectivity index (χ2n) is 5.17. The third-order valence-electron chi connectivity index (χ3n) is 3.59. The van der Waals surface area contributed by atoms with Gasteiger partial charge < -0.3 is 15.6 Å². The molecule has 0 spiro atoms. The lowest BCUT2D eigenvalue weighted by molar-refractivity contribution is 0.0691. The zero-order valence-electron chi connectivity index (χ0n) is 10.9. The number of hydrogen-bond acceptors (Lipinski definition) is 3. The first-order valence-corrected chi connectivity index (χ1v) is 6.46. The average Bonchev–Trinajstić information content (AvgIpc) is 2.35. The molecule has 19 heavy (non-hydrogen) atoms. The van der Waals surface area contributed by atoms with Crippen molar-refractivity contribution < 1.29 is 19.0 Å². The zero-order chi connectivity index (χ0) is 14.0. The number of nitrogens with two attached hydrogens (primary N) is 1. The van der Waals surface area contributed by atoms with Crippen molar-refractivity contribution in [1.82, 2.24) is 0 Å². The van der Waals surface area contributed by atoms with Gasteiger partial charge in [-0.25, -0.2) is 9.18 Å². The van der Waals surface area contributed by atoms with Crippen LogP contribution in [0.15, 0.2) is 12.1 Å². The molecule has 0 aromatic heterocycles. The highest BCUT2D eigenvalue weighted by atomic mass is 19.1. The number of nitrogen functional groups attached to an aromatic ring is 1. The largest absolute Gasteiger partial charge is 0.488 e. The highest BCUT2D eigenvalue weighted by Crippen LogP contribution is 2.31. The van der Waals surface area contributed by atoms with E-state index in [9.17, 15) is 9.18 Å². The van der Waals surface area contributed by atoms with E-state index in [2.05, 4.69) is 6.92 Å². The van der Waals surface area contributed by atoms with Crippen molar-refractivity contribution in [2.24, 2.45) is 5.92 Å². The molecule has 1 aliphatic carbocycles. The fourth-order valence-corrected chi connectivity index (χ4v) is 2.36. The van der Waals surface area contributed by atoms with Crippen molar-refractivity contribution in [1.29, 1.82) is 0 Å². The second-order valence-corrected chi connectivity index (χ2v) is 5.17. The zero-order valence-corrected chi connectivity index (χ0v) is 10.9. The van der Waals surface area contributed by atoms with E-state index in [-0.39, 0.29) is 17.5 Å². The van der Waals surface area contributed by atoms with Crippen molar-refractivity contribution in [3.63, 3.8) is 0 Å². The summed E-state index contributed by atoms with van der Waals surface area (Å²) in [6, 6.07) is 2.18. The number of hydrogen-bond donors (Lipinski definition) is 2. The minimum absolute atomic E-state index is 0.0357. The Bertz CT molecular complexity index is 482. The monoisotopic (exact) mass is 267 g/mol. The molecule has 0 unspecified atom stereocenters. The molecule has 1 aromatic carbocycles. The molecule has 1 aliphatic rings. The van der Waals surface area contributed by atoms with Crippen LogP contribution in [0.4, 0.5) is 10.1 Å². The molecule has 0 saturated heterocycles. The van der Waals surface area contributed by atoms with Crippen LogP contribution in [0.25, 0.3) is 0 Å². The van der Waals surface area contributed by atoms with Crippen molar-refractivity contribution in [2.75, 3.05) is 5.73 Å². The maximum Gasteiger partial charge on any atom is 0.338 e. The standard InChI is InChI=1S/C14H18FNO3/c1-8-2-4-9(5-3-8)19-13-7-11(15)10(14(17)18)6-12(13)16/h6-9H,2-5,16H2,1H3,(H,17,18). The summed E-state index contributed by atoms with van der Waals surface area (Å²) in [7, 11) is 0. The van der Waals surface area contributed by atoms with Crippen molar-refractivity contribution >= 4 is 11.7 Å². The van der Waals surface area contributed by atoms with Crippen LogP contribution in [0.1, 0.15) is 43.0 Å². The summed E-state index contributed by atoms with van der Waals surface area (Å²) in [5, 5.41) is 8.80. The number of benzene rings is 1. The van der Waals surface area contributed by atoms with E-state index in [1.807, 2.05) is 0 Å². The molecule has 0 aliphatic heterocycles. The lowest BCUT2D eigenvalue weighted by Gasteiger charge is -2.27. The number of carbonyl (C=O) groups is 1. The molecule has 5 heteroatoms. The average molecular weight is 267 g/mol. The summed E-state index contributed by atoms with van der Waals surface area (Å²) in [4.78, 5) is 10.8. The third-order valence-corrected chi connectivity index (χ3v) is 3.59. The molecule has 0 amide bonds. The first-order chi connectivity index (χ1) is 8.97. The Morgan fingerprint density at radius 1 is 1.37 bits per heavy atom. The smallest absolute Gasteiger partial charge is 0.338 e. The fourth-order valence-electron chi connectivity index (χ4n) is 2.36. The Kier molecular flexibility index (Phi) is 3.93. The molecular weight excluding hydrogens is 249 g/mol. The van der Waals surface area contributed by atoms with E-state index in [0.717, 1.165) is 37.8 Å². The SMILES string of the molecule is CC1CCC(Oc2cc(F)c(C(=O)O)cc2N)CC1. The van der Waals surface area contributed by atoms with Gasteiger partial charge in [-0.05, 0) is 37.7 Å². The van der Waals surface area contributed by atoms with Gasteiger partial charge in [0.25, 0.3) is 0 Å². The quantitative estimate of drug-likeness (QED) is 0.825. The molecule has 1 saturated carbocycles. The molecule has 0 radical (unpaired) electrons. The molecule has 0 heterocycles. The van der Waals surface area contributed by atoms with Gasteiger partial charge in [0.2, 0.25) is 0 Å². The van der Waals surface area contributed by atoms with Gasteiger partial charge in [-0.3, -0.25) is 0 Å². The molecule has 2 rings (SSSR count). The Hall–Kier alpha value is -1.78. The molecule has 1 fully saturated rings. The Labute approximate surface area is 111 Å². The van der Waals surface area contributed by atoms with Crippen LogP contribution in [0.2, 0.25) is 0 Å². The number of carboxylic acid groups (broad SMARTS) is 1. The van der Waals surface area contributed by atoms with Gasteiger partial charge in [0.05, 0.1) is 17.4 Å². The highest BCUT2D eigenvalue weighted by Gasteiger charge is 2.21. The van der Waals surface area contributed by atoms with Crippen LogP contribution in [0, 0.1) is 11.7 Å². The van der Waals surface area contributed by atoms with Gasteiger partial charge in [0.1, 0.15) is 11.6 Å². The van der Waals surface area contributed by atoms with Crippen molar-refractivity contribution in [3.8, 4) is 5.75 Å². The van der Waals surface area contributed by atoms with Crippen LogP contribution in [-0.4, -0.2) is 17.2 Å². The predicted octanol–water partition coefficient (Wildman–Crippen LogP) is 3.06. The number of rotatable bonds is 3. The minimum atomic E-state index is -1.33. The Morgan fingerprint density at radius 2 is 2.00 bits per heavy atom. The molecule has 4 nitrogen and oxygen atoms in total. The van der Waals surface area contributed by atoms with Crippen LogP contribution >= 0.6 is 0 Å². The minimum Gasteiger partial charge on any atom is -0.488 e. The van der Waals surface area contributed by atoms with Gasteiger partial charge in [-0.1, -0.05) is 6.92 Å².